The summed E-state index contributed by atoms with van der Waals surface area (Å²) in [5.74, 6) is 0. The second kappa shape index (κ2) is 9.37. The van der Waals surface area contributed by atoms with Crippen LogP contribution in [0.4, 0.5) is 17.1 Å². The van der Waals surface area contributed by atoms with Gasteiger partial charge in [0.2, 0.25) is 0 Å². The van der Waals surface area contributed by atoms with Crippen molar-refractivity contribution < 1.29 is 0 Å². The molecule has 0 bridgehead atoms. The monoisotopic (exact) mass is 617 g/mol. The lowest BCUT2D eigenvalue weighted by Crippen LogP contribution is -2.17. The Morgan fingerprint density at radius 1 is 0.576 bits per heavy atom. The molecule has 0 saturated heterocycles. The first-order valence-electron chi connectivity index (χ1n) is 11.6. The molecular formula is C30H37BrIN. The Kier molecular flexibility index (Phi) is 7.46. The van der Waals surface area contributed by atoms with Crippen LogP contribution in [-0.2, 0) is 16.2 Å². The van der Waals surface area contributed by atoms with E-state index in [-0.39, 0.29) is 16.2 Å². The van der Waals surface area contributed by atoms with Gasteiger partial charge in [0, 0.05) is 14.9 Å². The molecule has 3 aromatic rings. The van der Waals surface area contributed by atoms with E-state index < -0.39 is 0 Å². The average molecular weight is 618 g/mol. The predicted molar refractivity (Wildman–Crippen MR) is 158 cm³/mol. The maximum absolute atomic E-state index is 3.92. The predicted octanol–water partition coefficient (Wildman–Crippen LogP) is 10.4. The third-order valence-electron chi connectivity index (χ3n) is 6.10. The third-order valence-corrected chi connectivity index (χ3v) is 8.52. The van der Waals surface area contributed by atoms with E-state index in [9.17, 15) is 0 Å². The summed E-state index contributed by atoms with van der Waals surface area (Å²) < 4.78 is 2.34. The lowest BCUT2D eigenvalue weighted by Gasteiger charge is -2.31. The molecule has 0 spiro atoms. The van der Waals surface area contributed by atoms with E-state index in [0.29, 0.717) is 0 Å². The van der Waals surface area contributed by atoms with Gasteiger partial charge < -0.3 is 4.90 Å². The minimum Gasteiger partial charge on any atom is -0.309 e. The first kappa shape index (κ1) is 26.3. The highest BCUT2D eigenvalue weighted by atomic mass is 127. The van der Waals surface area contributed by atoms with Gasteiger partial charge in [-0.1, -0.05) is 86.6 Å². The molecule has 0 amide bonds. The number of hydrogen-bond acceptors (Lipinski definition) is 1. The fourth-order valence-corrected chi connectivity index (χ4v) is 4.84. The zero-order chi connectivity index (χ0) is 24.8. The van der Waals surface area contributed by atoms with Gasteiger partial charge in [0.1, 0.15) is 0 Å². The van der Waals surface area contributed by atoms with Crippen molar-refractivity contribution in [3.8, 4) is 0 Å². The largest absolute Gasteiger partial charge is 0.309 e. The van der Waals surface area contributed by atoms with E-state index in [1.165, 1.54) is 25.9 Å². The zero-order valence-corrected chi connectivity index (χ0v) is 25.2. The van der Waals surface area contributed by atoms with Gasteiger partial charge in [-0.2, -0.15) is 0 Å². The summed E-state index contributed by atoms with van der Waals surface area (Å²) in [4.78, 5) is 2.38. The highest BCUT2D eigenvalue weighted by Crippen LogP contribution is 2.44. The van der Waals surface area contributed by atoms with Crippen molar-refractivity contribution in [3.63, 3.8) is 0 Å². The lowest BCUT2D eigenvalue weighted by atomic mass is 9.86. The summed E-state index contributed by atoms with van der Waals surface area (Å²) in [6, 6.07) is 22.7. The molecular weight excluding hydrogens is 581 g/mol. The molecule has 0 saturated carbocycles. The van der Waals surface area contributed by atoms with Crippen molar-refractivity contribution in [2.24, 2.45) is 0 Å². The molecule has 0 aliphatic carbocycles. The highest BCUT2D eigenvalue weighted by Gasteiger charge is 2.23. The van der Waals surface area contributed by atoms with Crippen molar-refractivity contribution in [2.75, 3.05) is 4.90 Å². The number of halogens is 2. The zero-order valence-electron chi connectivity index (χ0n) is 21.5. The number of anilines is 3. The average Bonchev–Trinajstić information content (AvgIpc) is 2.70. The molecule has 3 heteroatoms. The fraction of sp³-hybridized carbons (Fsp3) is 0.400. The normalized spacial score (nSPS) is 12.7. The minimum atomic E-state index is 0.0627. The molecule has 0 fully saturated rings. The van der Waals surface area contributed by atoms with Crippen LogP contribution in [-0.4, -0.2) is 0 Å². The van der Waals surface area contributed by atoms with Crippen molar-refractivity contribution in [1.82, 2.24) is 0 Å². The second-order valence-electron chi connectivity index (χ2n) is 12.0. The summed E-state index contributed by atoms with van der Waals surface area (Å²) in [5.41, 5.74) is 7.81. The van der Waals surface area contributed by atoms with Crippen LogP contribution in [0, 0.1) is 3.57 Å². The van der Waals surface area contributed by atoms with Gasteiger partial charge in [0.05, 0.1) is 10.2 Å². The Labute approximate surface area is 223 Å². The Bertz CT molecular complexity index is 1050. The van der Waals surface area contributed by atoms with E-state index in [0.717, 1.165) is 15.8 Å². The van der Waals surface area contributed by atoms with Crippen LogP contribution in [0.3, 0.4) is 0 Å². The van der Waals surface area contributed by atoms with Crippen molar-refractivity contribution in [3.05, 3.63) is 85.4 Å². The van der Waals surface area contributed by atoms with E-state index in [1.54, 1.807) is 0 Å². The Morgan fingerprint density at radius 3 is 1.27 bits per heavy atom. The summed E-state index contributed by atoms with van der Waals surface area (Å²) in [6.07, 6.45) is 0. The number of rotatable bonds is 3. The molecule has 3 rings (SSSR count). The molecule has 0 heterocycles. The topological polar surface area (TPSA) is 3.24 Å². The van der Waals surface area contributed by atoms with Crippen LogP contribution in [0.2, 0.25) is 0 Å². The van der Waals surface area contributed by atoms with E-state index in [1.807, 2.05) is 0 Å². The van der Waals surface area contributed by atoms with Crippen LogP contribution >= 0.6 is 38.5 Å². The summed E-state index contributed by atoms with van der Waals surface area (Å²) in [5, 5.41) is 0. The molecule has 0 unspecified atom stereocenters. The van der Waals surface area contributed by atoms with Gasteiger partial charge in [0.25, 0.3) is 0 Å². The van der Waals surface area contributed by atoms with Gasteiger partial charge in [-0.3, -0.25) is 0 Å². The summed E-state index contributed by atoms with van der Waals surface area (Å²) in [7, 11) is 0. The molecule has 0 aliphatic rings. The molecule has 0 N–H and O–H groups in total. The van der Waals surface area contributed by atoms with Gasteiger partial charge in [0.15, 0.2) is 0 Å². The van der Waals surface area contributed by atoms with Gasteiger partial charge >= 0.3 is 0 Å². The lowest BCUT2D eigenvalue weighted by molar-refractivity contribution is 0.589. The summed E-state index contributed by atoms with van der Waals surface area (Å²) >= 11 is 6.37. The smallest absolute Gasteiger partial charge is 0.0617 e. The van der Waals surface area contributed by atoms with Crippen molar-refractivity contribution >= 4 is 55.6 Å². The molecule has 0 radical (unpaired) electrons. The number of nitrogens with zero attached hydrogens (tertiary/aromatic N) is 1. The Balaban J connectivity index is 2.24. The van der Waals surface area contributed by atoms with E-state index in [2.05, 4.69) is 166 Å². The van der Waals surface area contributed by atoms with Crippen LogP contribution < -0.4 is 4.90 Å². The molecule has 33 heavy (non-hydrogen) atoms. The second-order valence-corrected chi connectivity index (χ2v) is 13.9. The molecule has 176 valence electrons. The quantitative estimate of drug-likeness (QED) is 0.264. The van der Waals surface area contributed by atoms with Crippen LogP contribution in [0.5, 0.6) is 0 Å². The standard InChI is InChI=1S/C30H37BrIN/c1-28(2,3)20-10-14-23(15-11-20)33(24-16-12-21(13-17-24)29(4,5)6)26-19-22(30(7,8)9)18-25(32)27(26)31/h10-19H,1-9H3. The van der Waals surface area contributed by atoms with E-state index >= 15 is 0 Å². The van der Waals surface area contributed by atoms with Crippen LogP contribution in [0.15, 0.2) is 65.1 Å². The van der Waals surface area contributed by atoms with Crippen LogP contribution in [0.25, 0.3) is 0 Å². The maximum Gasteiger partial charge on any atom is 0.0617 e. The van der Waals surface area contributed by atoms with Crippen molar-refractivity contribution in [1.29, 1.82) is 0 Å². The third kappa shape index (κ3) is 6.03. The first-order chi connectivity index (χ1) is 15.1. The first-order valence-corrected chi connectivity index (χ1v) is 13.5. The van der Waals surface area contributed by atoms with Gasteiger partial charge in [-0.15, -0.1) is 0 Å². The number of benzene rings is 3. The SMILES string of the molecule is CC(C)(C)c1ccc(N(c2ccc(C(C)(C)C)cc2)c2cc(C(C)(C)C)cc(I)c2Br)cc1. The minimum absolute atomic E-state index is 0.0627. The van der Waals surface area contributed by atoms with Gasteiger partial charge in [-0.25, -0.2) is 0 Å². The Hall–Kier alpha value is -1.33. The van der Waals surface area contributed by atoms with Crippen LogP contribution in [0.1, 0.15) is 79.0 Å². The summed E-state index contributed by atoms with van der Waals surface area (Å²) in [6.45, 7) is 20.4. The van der Waals surface area contributed by atoms with Crippen molar-refractivity contribution in [2.45, 2.75) is 78.6 Å². The Morgan fingerprint density at radius 2 is 0.939 bits per heavy atom. The molecule has 0 aromatic heterocycles. The van der Waals surface area contributed by atoms with E-state index in [4.69, 9.17) is 0 Å². The maximum atomic E-state index is 3.92. The highest BCUT2D eigenvalue weighted by molar-refractivity contribution is 14.1. The molecule has 0 atom stereocenters. The molecule has 3 aromatic carbocycles. The van der Waals surface area contributed by atoms with Gasteiger partial charge in [-0.05, 0) is 108 Å². The number of hydrogen-bond donors (Lipinski definition) is 0. The molecule has 1 nitrogen and oxygen atoms in total. The molecule has 0 aliphatic heterocycles. The fourth-order valence-electron chi connectivity index (χ4n) is 3.82.